The van der Waals surface area contributed by atoms with E-state index < -0.39 is 12.0 Å². The normalized spacial score (nSPS) is 12.4. The van der Waals surface area contributed by atoms with Gasteiger partial charge < -0.3 is 15.5 Å². The zero-order chi connectivity index (χ0) is 11.4. The van der Waals surface area contributed by atoms with Crippen molar-refractivity contribution in [1.82, 2.24) is 5.32 Å². The Hall–Kier alpha value is -0.820. The maximum Gasteiger partial charge on any atom is 0.321 e. The van der Waals surface area contributed by atoms with Gasteiger partial charge in [0.15, 0.2) is 0 Å². The van der Waals surface area contributed by atoms with Gasteiger partial charge in [-0.15, -0.1) is 0 Å². The summed E-state index contributed by atoms with van der Waals surface area (Å²) in [5.74, 6) is -0.656. The van der Waals surface area contributed by atoms with Crippen LogP contribution < -0.4 is 5.32 Å². The van der Waals surface area contributed by atoms with Crippen molar-refractivity contribution in [3.63, 3.8) is 0 Å². The number of nitrogens with one attached hydrogen (secondary N) is 1. The molecule has 4 nitrogen and oxygen atoms in total. The summed E-state index contributed by atoms with van der Waals surface area (Å²) in [4.78, 5) is 10.8. The molecule has 0 aliphatic heterocycles. The first-order valence-electron chi connectivity index (χ1n) is 4.42. The molecule has 0 fully saturated rings. The van der Waals surface area contributed by atoms with Gasteiger partial charge in [-0.2, -0.15) is 0 Å². The van der Waals surface area contributed by atoms with E-state index in [0.717, 1.165) is 9.13 Å². The molecule has 1 aromatic carbocycles. The van der Waals surface area contributed by atoms with Crippen molar-refractivity contribution in [2.24, 2.45) is 0 Å². The number of phenolic OH excluding ortho intramolecular Hbond substituents is 1. The maximum atomic E-state index is 10.8. The van der Waals surface area contributed by atoms with Crippen LogP contribution in [0, 0.1) is 3.57 Å². The zero-order valence-electron chi connectivity index (χ0n) is 8.20. The summed E-state index contributed by atoms with van der Waals surface area (Å²) in [6.07, 6.45) is 0.405. The summed E-state index contributed by atoms with van der Waals surface area (Å²) < 4.78 is 0.727. The number of carboxylic acids is 1. The van der Waals surface area contributed by atoms with Gasteiger partial charge in [0.05, 0.1) is 3.57 Å². The van der Waals surface area contributed by atoms with Crippen LogP contribution >= 0.6 is 22.6 Å². The topological polar surface area (TPSA) is 69.6 Å². The highest BCUT2D eigenvalue weighted by atomic mass is 127. The highest BCUT2D eigenvalue weighted by Gasteiger charge is 2.15. The van der Waals surface area contributed by atoms with Crippen LogP contribution in [0.3, 0.4) is 0 Å². The van der Waals surface area contributed by atoms with Crippen molar-refractivity contribution in [3.05, 3.63) is 27.3 Å². The molecular formula is C10H12INO3. The van der Waals surface area contributed by atoms with E-state index in [9.17, 15) is 9.90 Å². The molecule has 0 amide bonds. The number of rotatable bonds is 4. The van der Waals surface area contributed by atoms with Crippen LogP contribution in [-0.4, -0.2) is 29.3 Å². The van der Waals surface area contributed by atoms with E-state index in [2.05, 4.69) is 5.32 Å². The van der Waals surface area contributed by atoms with Gasteiger partial charge in [0, 0.05) is 0 Å². The Labute approximate surface area is 101 Å². The third-order valence-electron chi connectivity index (χ3n) is 2.10. The van der Waals surface area contributed by atoms with Crippen LogP contribution in [0.5, 0.6) is 5.75 Å². The van der Waals surface area contributed by atoms with Crippen LogP contribution in [0.15, 0.2) is 18.2 Å². The number of benzene rings is 1. The van der Waals surface area contributed by atoms with Gasteiger partial charge in [0.2, 0.25) is 0 Å². The van der Waals surface area contributed by atoms with Gasteiger partial charge in [-0.05, 0) is 53.8 Å². The number of hydrogen-bond acceptors (Lipinski definition) is 3. The summed E-state index contributed by atoms with van der Waals surface area (Å²) in [6.45, 7) is 0. The van der Waals surface area contributed by atoms with E-state index in [0.29, 0.717) is 6.42 Å². The molecule has 1 rings (SSSR count). The van der Waals surface area contributed by atoms with E-state index in [4.69, 9.17) is 5.11 Å². The third kappa shape index (κ3) is 3.35. The van der Waals surface area contributed by atoms with Crippen molar-refractivity contribution in [2.75, 3.05) is 7.05 Å². The van der Waals surface area contributed by atoms with Crippen LogP contribution in [0.2, 0.25) is 0 Å². The predicted octanol–water partition coefficient (Wildman–Crippen LogP) is 1.21. The van der Waals surface area contributed by atoms with Gasteiger partial charge in [0.25, 0.3) is 0 Å². The molecule has 1 atom stereocenters. The lowest BCUT2D eigenvalue weighted by atomic mass is 10.1. The molecule has 0 aliphatic carbocycles. The van der Waals surface area contributed by atoms with Gasteiger partial charge in [0.1, 0.15) is 11.8 Å². The minimum absolute atomic E-state index is 0.218. The third-order valence-corrected chi connectivity index (χ3v) is 2.96. The van der Waals surface area contributed by atoms with Gasteiger partial charge in [-0.25, -0.2) is 0 Å². The Morgan fingerprint density at radius 3 is 2.73 bits per heavy atom. The second-order valence-corrected chi connectivity index (χ2v) is 4.33. The number of halogens is 1. The molecule has 0 radical (unpaired) electrons. The number of hydrogen-bond donors (Lipinski definition) is 3. The molecule has 1 unspecified atom stereocenters. The summed E-state index contributed by atoms with van der Waals surface area (Å²) in [7, 11) is 1.62. The average Bonchev–Trinajstić information content (AvgIpc) is 2.19. The van der Waals surface area contributed by atoms with E-state index in [1.54, 1.807) is 25.2 Å². The Balaban J connectivity index is 2.80. The summed E-state index contributed by atoms with van der Waals surface area (Å²) in [5.41, 5.74) is 0.888. The minimum Gasteiger partial charge on any atom is -0.507 e. The Kier molecular flexibility index (Phi) is 4.34. The molecule has 0 saturated carbocycles. The summed E-state index contributed by atoms with van der Waals surface area (Å²) >= 11 is 2.01. The average molecular weight is 321 g/mol. The van der Waals surface area contributed by atoms with Crippen molar-refractivity contribution < 1.29 is 15.0 Å². The van der Waals surface area contributed by atoms with Crippen LogP contribution in [-0.2, 0) is 11.2 Å². The number of aromatic hydroxyl groups is 1. The van der Waals surface area contributed by atoms with Crippen molar-refractivity contribution >= 4 is 28.6 Å². The number of likely N-dealkylation sites (N-methyl/N-ethyl adjacent to an activating group) is 1. The SMILES string of the molecule is CNC(Cc1ccc(O)c(I)c1)C(=O)O. The lowest BCUT2D eigenvalue weighted by molar-refractivity contribution is -0.139. The minimum atomic E-state index is -0.874. The Morgan fingerprint density at radius 1 is 1.60 bits per heavy atom. The van der Waals surface area contributed by atoms with Crippen LogP contribution in [0.25, 0.3) is 0 Å². The highest BCUT2D eigenvalue weighted by molar-refractivity contribution is 14.1. The molecule has 0 heterocycles. The number of phenols is 1. The molecule has 0 aromatic heterocycles. The molecule has 0 spiro atoms. The second kappa shape index (κ2) is 5.32. The van der Waals surface area contributed by atoms with Gasteiger partial charge in [-0.3, -0.25) is 4.79 Å². The second-order valence-electron chi connectivity index (χ2n) is 3.17. The maximum absolute atomic E-state index is 10.8. The molecule has 0 bridgehead atoms. The molecule has 15 heavy (non-hydrogen) atoms. The molecule has 5 heteroatoms. The largest absolute Gasteiger partial charge is 0.507 e. The number of carbonyl (C=O) groups is 1. The lowest BCUT2D eigenvalue weighted by Gasteiger charge is -2.11. The van der Waals surface area contributed by atoms with E-state index >= 15 is 0 Å². The van der Waals surface area contributed by atoms with E-state index in [1.807, 2.05) is 22.6 Å². The van der Waals surface area contributed by atoms with Crippen molar-refractivity contribution in [3.8, 4) is 5.75 Å². The van der Waals surface area contributed by atoms with Crippen LogP contribution in [0.4, 0.5) is 0 Å². The standard InChI is InChI=1S/C10H12INO3/c1-12-8(10(14)15)5-6-2-3-9(13)7(11)4-6/h2-4,8,12-13H,5H2,1H3,(H,14,15). The Morgan fingerprint density at radius 2 is 2.27 bits per heavy atom. The Bertz CT molecular complexity index is 368. The number of carboxylic acid groups (broad SMARTS) is 1. The molecule has 0 aliphatic rings. The zero-order valence-corrected chi connectivity index (χ0v) is 10.4. The molecule has 82 valence electrons. The first-order valence-corrected chi connectivity index (χ1v) is 5.50. The van der Waals surface area contributed by atoms with E-state index in [1.165, 1.54) is 0 Å². The smallest absolute Gasteiger partial charge is 0.321 e. The number of aliphatic carboxylic acids is 1. The summed E-state index contributed by atoms with van der Waals surface area (Å²) in [5, 5.41) is 20.9. The quantitative estimate of drug-likeness (QED) is 0.729. The van der Waals surface area contributed by atoms with Crippen molar-refractivity contribution in [1.29, 1.82) is 0 Å². The fraction of sp³-hybridized carbons (Fsp3) is 0.300. The van der Waals surface area contributed by atoms with E-state index in [-0.39, 0.29) is 5.75 Å². The van der Waals surface area contributed by atoms with Crippen molar-refractivity contribution in [2.45, 2.75) is 12.5 Å². The molecular weight excluding hydrogens is 309 g/mol. The fourth-order valence-electron chi connectivity index (χ4n) is 1.23. The fourth-order valence-corrected chi connectivity index (χ4v) is 1.81. The lowest BCUT2D eigenvalue weighted by Crippen LogP contribution is -2.35. The first kappa shape index (κ1) is 12.3. The van der Waals surface area contributed by atoms with Gasteiger partial charge in [-0.1, -0.05) is 6.07 Å². The first-order chi connectivity index (χ1) is 7.04. The molecule has 0 saturated heterocycles. The predicted molar refractivity (Wildman–Crippen MR) is 65.0 cm³/mol. The summed E-state index contributed by atoms with van der Waals surface area (Å²) in [6, 6.07) is 4.49. The van der Waals surface area contributed by atoms with Crippen LogP contribution in [0.1, 0.15) is 5.56 Å². The highest BCUT2D eigenvalue weighted by Crippen LogP contribution is 2.20. The van der Waals surface area contributed by atoms with Gasteiger partial charge >= 0.3 is 5.97 Å². The molecule has 3 N–H and O–H groups in total. The monoisotopic (exact) mass is 321 g/mol. The molecule has 1 aromatic rings.